The molecule has 1 aromatic heterocycles. The molecular formula is C19H19N5O. The minimum Gasteiger partial charge on any atom is -0.320 e. The van der Waals surface area contributed by atoms with Crippen LogP contribution in [0.15, 0.2) is 65.0 Å². The number of azo groups is 1. The Kier molecular flexibility index (Phi) is 4.70. The summed E-state index contributed by atoms with van der Waals surface area (Å²) in [7, 11) is 1.73. The molecule has 0 aliphatic carbocycles. The number of hydrogen-bond donors (Lipinski definition) is 1. The molecule has 6 heteroatoms. The van der Waals surface area contributed by atoms with Crippen LogP contribution in [0.5, 0.6) is 0 Å². The minimum absolute atomic E-state index is 0.197. The van der Waals surface area contributed by atoms with Gasteiger partial charge in [0.1, 0.15) is 5.69 Å². The molecule has 1 N–H and O–H groups in total. The Balaban J connectivity index is 1.76. The number of carbonyl (C=O) groups is 1. The summed E-state index contributed by atoms with van der Waals surface area (Å²) in [5, 5.41) is 15.5. The number of amides is 1. The number of rotatable bonds is 4. The molecular weight excluding hydrogens is 314 g/mol. The van der Waals surface area contributed by atoms with E-state index in [9.17, 15) is 4.79 Å². The summed E-state index contributed by atoms with van der Waals surface area (Å²) in [6, 6.07) is 15.0. The number of benzene rings is 2. The molecule has 0 bridgehead atoms. The van der Waals surface area contributed by atoms with Gasteiger partial charge in [-0.15, -0.1) is 0 Å². The van der Waals surface area contributed by atoms with Gasteiger partial charge in [-0.25, -0.2) is 0 Å². The van der Waals surface area contributed by atoms with Gasteiger partial charge >= 0.3 is 0 Å². The Morgan fingerprint density at radius 1 is 1.04 bits per heavy atom. The summed E-state index contributed by atoms with van der Waals surface area (Å²) in [4.78, 5) is 12.3. The second kappa shape index (κ2) is 7.09. The number of nitrogens with one attached hydrogen (secondary N) is 1. The lowest BCUT2D eigenvalue weighted by Gasteiger charge is -2.09. The summed E-state index contributed by atoms with van der Waals surface area (Å²) in [6.45, 7) is 3.92. The molecule has 0 atom stereocenters. The molecule has 2 aromatic carbocycles. The van der Waals surface area contributed by atoms with Crippen LogP contribution in [0.4, 0.5) is 17.1 Å². The van der Waals surface area contributed by atoms with Crippen molar-refractivity contribution in [1.82, 2.24) is 9.78 Å². The highest BCUT2D eigenvalue weighted by Crippen LogP contribution is 2.25. The van der Waals surface area contributed by atoms with E-state index in [1.165, 1.54) is 4.68 Å². The molecule has 3 rings (SSSR count). The van der Waals surface area contributed by atoms with E-state index in [1.807, 2.05) is 56.3 Å². The van der Waals surface area contributed by atoms with Crippen LogP contribution in [0.2, 0.25) is 0 Å². The van der Waals surface area contributed by atoms with Crippen LogP contribution in [0.3, 0.4) is 0 Å². The largest absolute Gasteiger partial charge is 0.320 e. The summed E-state index contributed by atoms with van der Waals surface area (Å²) in [5.41, 5.74) is 4.80. The Morgan fingerprint density at radius 2 is 1.84 bits per heavy atom. The van der Waals surface area contributed by atoms with Gasteiger partial charge < -0.3 is 5.32 Å². The van der Waals surface area contributed by atoms with Crippen molar-refractivity contribution in [1.29, 1.82) is 0 Å². The van der Waals surface area contributed by atoms with Crippen molar-refractivity contribution >= 4 is 23.0 Å². The molecule has 0 spiro atoms. The summed E-state index contributed by atoms with van der Waals surface area (Å²) >= 11 is 0. The van der Waals surface area contributed by atoms with Crippen molar-refractivity contribution in [3.05, 3.63) is 71.5 Å². The van der Waals surface area contributed by atoms with Gasteiger partial charge in [0.2, 0.25) is 0 Å². The van der Waals surface area contributed by atoms with Gasteiger partial charge in [0.05, 0.1) is 11.4 Å². The SMILES string of the molecule is Cc1ccccc1N=Nc1ccc(NC(=O)c2ccnn2C)c(C)c1. The highest BCUT2D eigenvalue weighted by molar-refractivity contribution is 6.03. The van der Waals surface area contributed by atoms with Gasteiger partial charge in [-0.2, -0.15) is 15.3 Å². The molecule has 1 amide bonds. The zero-order valence-electron chi connectivity index (χ0n) is 14.4. The van der Waals surface area contributed by atoms with Crippen molar-refractivity contribution in [3.63, 3.8) is 0 Å². The van der Waals surface area contributed by atoms with E-state index >= 15 is 0 Å². The maximum absolute atomic E-state index is 12.3. The predicted octanol–water partition coefficient (Wildman–Crippen LogP) is 4.70. The molecule has 3 aromatic rings. The third-order valence-corrected chi connectivity index (χ3v) is 3.90. The van der Waals surface area contributed by atoms with E-state index < -0.39 is 0 Å². The van der Waals surface area contributed by atoms with E-state index in [4.69, 9.17) is 0 Å². The van der Waals surface area contributed by atoms with E-state index in [1.54, 1.807) is 19.3 Å². The second-order valence-corrected chi connectivity index (χ2v) is 5.78. The van der Waals surface area contributed by atoms with E-state index in [-0.39, 0.29) is 5.91 Å². The maximum atomic E-state index is 12.3. The molecule has 25 heavy (non-hydrogen) atoms. The van der Waals surface area contributed by atoms with Crippen molar-refractivity contribution in [2.75, 3.05) is 5.32 Å². The van der Waals surface area contributed by atoms with Gasteiger partial charge in [-0.1, -0.05) is 18.2 Å². The van der Waals surface area contributed by atoms with Gasteiger partial charge in [0.25, 0.3) is 5.91 Å². The van der Waals surface area contributed by atoms with E-state index in [0.29, 0.717) is 5.69 Å². The second-order valence-electron chi connectivity index (χ2n) is 5.78. The number of nitrogens with zero attached hydrogens (tertiary/aromatic N) is 4. The molecule has 6 nitrogen and oxygen atoms in total. The average Bonchev–Trinajstić information content (AvgIpc) is 3.02. The Morgan fingerprint density at radius 3 is 2.52 bits per heavy atom. The molecule has 0 saturated carbocycles. The predicted molar refractivity (Wildman–Crippen MR) is 97.7 cm³/mol. The van der Waals surface area contributed by atoms with Crippen LogP contribution < -0.4 is 5.32 Å². The fraction of sp³-hybridized carbons (Fsp3) is 0.158. The normalized spacial score (nSPS) is 11.0. The van der Waals surface area contributed by atoms with Gasteiger partial charge in [0, 0.05) is 18.9 Å². The number of hydrogen-bond acceptors (Lipinski definition) is 4. The van der Waals surface area contributed by atoms with E-state index in [2.05, 4.69) is 20.6 Å². The van der Waals surface area contributed by atoms with Crippen molar-refractivity contribution in [2.45, 2.75) is 13.8 Å². The van der Waals surface area contributed by atoms with Crippen LogP contribution in [-0.2, 0) is 7.05 Å². The Labute approximate surface area is 146 Å². The first-order valence-corrected chi connectivity index (χ1v) is 7.92. The maximum Gasteiger partial charge on any atom is 0.273 e. The first-order valence-electron chi connectivity index (χ1n) is 7.92. The zero-order valence-corrected chi connectivity index (χ0v) is 14.4. The van der Waals surface area contributed by atoms with Crippen molar-refractivity contribution < 1.29 is 4.79 Å². The Bertz CT molecular complexity index is 942. The zero-order chi connectivity index (χ0) is 17.8. The van der Waals surface area contributed by atoms with Crippen LogP contribution in [-0.4, -0.2) is 15.7 Å². The number of aryl methyl sites for hydroxylation is 3. The highest BCUT2D eigenvalue weighted by Gasteiger charge is 2.11. The molecule has 0 saturated heterocycles. The van der Waals surface area contributed by atoms with Crippen LogP contribution in [0, 0.1) is 13.8 Å². The molecule has 0 aliphatic heterocycles. The third kappa shape index (κ3) is 3.80. The first kappa shape index (κ1) is 16.6. The lowest BCUT2D eigenvalue weighted by Crippen LogP contribution is -2.16. The highest BCUT2D eigenvalue weighted by atomic mass is 16.2. The van der Waals surface area contributed by atoms with Gasteiger partial charge in [0.15, 0.2) is 0 Å². The monoisotopic (exact) mass is 333 g/mol. The summed E-state index contributed by atoms with van der Waals surface area (Å²) < 4.78 is 1.54. The van der Waals surface area contributed by atoms with Crippen LogP contribution in [0.1, 0.15) is 21.6 Å². The lowest BCUT2D eigenvalue weighted by molar-refractivity contribution is 0.101. The Hall–Kier alpha value is -3.28. The fourth-order valence-corrected chi connectivity index (χ4v) is 2.42. The summed E-state index contributed by atoms with van der Waals surface area (Å²) in [6.07, 6.45) is 1.59. The number of anilines is 1. The number of carbonyl (C=O) groups excluding carboxylic acids is 1. The number of aromatic nitrogens is 2. The van der Waals surface area contributed by atoms with Crippen molar-refractivity contribution in [2.24, 2.45) is 17.3 Å². The van der Waals surface area contributed by atoms with Gasteiger partial charge in [-0.3, -0.25) is 9.48 Å². The molecule has 0 aliphatic rings. The average molecular weight is 333 g/mol. The summed E-state index contributed by atoms with van der Waals surface area (Å²) in [5.74, 6) is -0.197. The first-order chi connectivity index (χ1) is 12.0. The molecule has 0 radical (unpaired) electrons. The molecule has 0 fully saturated rings. The van der Waals surface area contributed by atoms with Crippen LogP contribution >= 0.6 is 0 Å². The lowest BCUT2D eigenvalue weighted by atomic mass is 10.1. The molecule has 1 heterocycles. The quantitative estimate of drug-likeness (QED) is 0.703. The minimum atomic E-state index is -0.197. The van der Waals surface area contributed by atoms with Crippen LogP contribution in [0.25, 0.3) is 0 Å². The smallest absolute Gasteiger partial charge is 0.273 e. The van der Waals surface area contributed by atoms with Gasteiger partial charge in [-0.05, 0) is 55.3 Å². The van der Waals surface area contributed by atoms with Crippen molar-refractivity contribution in [3.8, 4) is 0 Å². The molecule has 126 valence electrons. The fourth-order valence-electron chi connectivity index (χ4n) is 2.42. The standard InChI is InChI=1S/C19H19N5O/c1-13-6-4-5-7-17(13)23-22-15-8-9-16(14(2)12-15)21-19(25)18-10-11-20-24(18)3/h4-12H,1-3H3,(H,21,25). The third-order valence-electron chi connectivity index (χ3n) is 3.90. The molecule has 0 unspecified atom stereocenters. The van der Waals surface area contributed by atoms with E-state index in [0.717, 1.165) is 28.2 Å². The topological polar surface area (TPSA) is 71.6 Å².